The molecule has 27 heavy (non-hydrogen) atoms. The van der Waals surface area contributed by atoms with Crippen molar-refractivity contribution in [3.8, 4) is 5.75 Å². The highest BCUT2D eigenvalue weighted by Gasteiger charge is 2.28. The summed E-state index contributed by atoms with van der Waals surface area (Å²) >= 11 is 12.0. The number of rotatable bonds is 4. The predicted octanol–water partition coefficient (Wildman–Crippen LogP) is 4.49. The average Bonchev–Trinajstić information content (AvgIpc) is 2.67. The number of hydrogen-bond donors (Lipinski definition) is 1. The van der Waals surface area contributed by atoms with Gasteiger partial charge >= 0.3 is 0 Å². The van der Waals surface area contributed by atoms with E-state index in [-0.39, 0.29) is 17.7 Å². The van der Waals surface area contributed by atoms with Crippen LogP contribution in [0.5, 0.6) is 5.75 Å². The zero-order chi connectivity index (χ0) is 19.4. The van der Waals surface area contributed by atoms with Crippen molar-refractivity contribution in [3.63, 3.8) is 0 Å². The Morgan fingerprint density at radius 3 is 2.44 bits per heavy atom. The summed E-state index contributed by atoms with van der Waals surface area (Å²) in [4.78, 5) is 26.9. The molecule has 2 aromatic rings. The number of amides is 2. The van der Waals surface area contributed by atoms with E-state index in [0.29, 0.717) is 53.0 Å². The first-order chi connectivity index (χ1) is 13.0. The Morgan fingerprint density at radius 1 is 1.07 bits per heavy atom. The van der Waals surface area contributed by atoms with Crippen molar-refractivity contribution in [3.05, 3.63) is 58.1 Å². The Labute approximate surface area is 168 Å². The third kappa shape index (κ3) is 4.73. The largest absolute Gasteiger partial charge is 0.495 e. The maximum atomic E-state index is 12.6. The standard InChI is InChI=1S/C20H20Cl2N2O3/c1-27-18-6-5-16(22)12-17(18)23-19(25)13-7-9-24(10-8-13)20(26)14-3-2-4-15(21)11-14/h2-6,11-13H,7-10H2,1H3,(H,23,25). The molecule has 0 saturated carbocycles. The smallest absolute Gasteiger partial charge is 0.253 e. The van der Waals surface area contributed by atoms with Crippen LogP contribution in [0.25, 0.3) is 0 Å². The first-order valence-corrected chi connectivity index (χ1v) is 9.43. The molecule has 7 heteroatoms. The van der Waals surface area contributed by atoms with Crippen molar-refractivity contribution < 1.29 is 14.3 Å². The minimum Gasteiger partial charge on any atom is -0.495 e. The summed E-state index contributed by atoms with van der Waals surface area (Å²) in [6.07, 6.45) is 1.20. The van der Waals surface area contributed by atoms with Gasteiger partial charge in [0.15, 0.2) is 0 Å². The summed E-state index contributed by atoms with van der Waals surface area (Å²) in [5.41, 5.74) is 1.11. The van der Waals surface area contributed by atoms with Gasteiger partial charge in [-0.3, -0.25) is 9.59 Å². The van der Waals surface area contributed by atoms with Crippen LogP contribution in [-0.2, 0) is 4.79 Å². The summed E-state index contributed by atoms with van der Waals surface area (Å²) in [7, 11) is 1.54. The van der Waals surface area contributed by atoms with Gasteiger partial charge in [-0.15, -0.1) is 0 Å². The van der Waals surface area contributed by atoms with Crippen LogP contribution >= 0.6 is 23.2 Å². The highest BCUT2D eigenvalue weighted by molar-refractivity contribution is 6.31. The molecule has 0 bridgehead atoms. The van der Waals surface area contributed by atoms with Crippen LogP contribution in [0.2, 0.25) is 10.0 Å². The van der Waals surface area contributed by atoms with E-state index in [2.05, 4.69) is 5.32 Å². The minimum atomic E-state index is -0.169. The molecule has 2 aromatic carbocycles. The fraction of sp³-hybridized carbons (Fsp3) is 0.300. The normalized spacial score (nSPS) is 14.7. The second-order valence-electron chi connectivity index (χ2n) is 6.41. The van der Waals surface area contributed by atoms with Gasteiger partial charge in [0.1, 0.15) is 5.75 Å². The Kier molecular flexibility index (Phi) is 6.24. The molecule has 3 rings (SSSR count). The third-order valence-electron chi connectivity index (χ3n) is 4.64. The number of carbonyl (C=O) groups excluding carboxylic acids is 2. The number of ether oxygens (including phenoxy) is 1. The molecule has 0 aromatic heterocycles. The van der Waals surface area contributed by atoms with Crippen LogP contribution < -0.4 is 10.1 Å². The van der Waals surface area contributed by atoms with Gasteiger partial charge in [-0.1, -0.05) is 29.3 Å². The summed E-state index contributed by atoms with van der Waals surface area (Å²) in [6, 6.07) is 12.0. The number of carbonyl (C=O) groups is 2. The van der Waals surface area contributed by atoms with Crippen LogP contribution in [0.15, 0.2) is 42.5 Å². The van der Waals surface area contributed by atoms with E-state index >= 15 is 0 Å². The van der Waals surface area contributed by atoms with Crippen molar-refractivity contribution in [2.45, 2.75) is 12.8 Å². The Hall–Kier alpha value is -2.24. The molecule has 1 saturated heterocycles. The number of nitrogens with zero attached hydrogens (tertiary/aromatic N) is 1. The molecule has 1 heterocycles. The molecule has 0 unspecified atom stereocenters. The molecule has 1 aliphatic rings. The molecule has 0 spiro atoms. The summed E-state index contributed by atoms with van der Waals surface area (Å²) < 4.78 is 5.26. The number of methoxy groups -OCH3 is 1. The van der Waals surface area contributed by atoms with Gasteiger partial charge in [0.05, 0.1) is 12.8 Å². The SMILES string of the molecule is COc1ccc(Cl)cc1NC(=O)C1CCN(C(=O)c2cccc(Cl)c2)CC1. The van der Waals surface area contributed by atoms with E-state index in [1.807, 2.05) is 0 Å². The van der Waals surface area contributed by atoms with Crippen LogP contribution in [0.3, 0.4) is 0 Å². The number of hydrogen-bond acceptors (Lipinski definition) is 3. The van der Waals surface area contributed by atoms with Crippen molar-refractivity contribution in [2.24, 2.45) is 5.92 Å². The topological polar surface area (TPSA) is 58.6 Å². The Balaban J connectivity index is 1.60. The summed E-state index contributed by atoms with van der Waals surface area (Å²) in [5, 5.41) is 3.94. The molecule has 142 valence electrons. The lowest BCUT2D eigenvalue weighted by Gasteiger charge is -2.31. The van der Waals surface area contributed by atoms with E-state index in [9.17, 15) is 9.59 Å². The first-order valence-electron chi connectivity index (χ1n) is 8.67. The number of piperidine rings is 1. The number of likely N-dealkylation sites (tertiary alicyclic amines) is 1. The highest BCUT2D eigenvalue weighted by atomic mass is 35.5. The second kappa shape index (κ2) is 8.63. The van der Waals surface area contributed by atoms with Crippen LogP contribution in [0, 0.1) is 5.92 Å². The van der Waals surface area contributed by atoms with Gasteiger partial charge in [-0.25, -0.2) is 0 Å². The molecule has 2 amide bonds. The van der Waals surface area contributed by atoms with Crippen LogP contribution in [0.4, 0.5) is 5.69 Å². The average molecular weight is 407 g/mol. The molecule has 1 fully saturated rings. The van der Waals surface area contributed by atoms with E-state index in [4.69, 9.17) is 27.9 Å². The summed E-state index contributed by atoms with van der Waals surface area (Å²) in [6.45, 7) is 1.05. The van der Waals surface area contributed by atoms with E-state index in [1.165, 1.54) is 0 Å². The molecule has 1 aliphatic heterocycles. The van der Waals surface area contributed by atoms with Gasteiger partial charge < -0.3 is 15.0 Å². The molecular formula is C20H20Cl2N2O3. The van der Waals surface area contributed by atoms with E-state index in [0.717, 1.165) is 0 Å². The zero-order valence-corrected chi connectivity index (χ0v) is 16.4. The van der Waals surface area contributed by atoms with Gasteiger partial charge in [0, 0.05) is 34.6 Å². The predicted molar refractivity (Wildman–Crippen MR) is 107 cm³/mol. The number of benzene rings is 2. The Morgan fingerprint density at radius 2 is 1.78 bits per heavy atom. The lowest BCUT2D eigenvalue weighted by molar-refractivity contribution is -0.121. The number of nitrogens with one attached hydrogen (secondary N) is 1. The molecule has 0 atom stereocenters. The van der Waals surface area contributed by atoms with Gasteiger partial charge in [-0.2, -0.15) is 0 Å². The fourth-order valence-corrected chi connectivity index (χ4v) is 3.52. The van der Waals surface area contributed by atoms with Crippen LogP contribution in [-0.4, -0.2) is 36.9 Å². The maximum absolute atomic E-state index is 12.6. The lowest BCUT2D eigenvalue weighted by atomic mass is 9.95. The van der Waals surface area contributed by atoms with Gasteiger partial charge in [-0.05, 0) is 49.2 Å². The molecule has 1 N–H and O–H groups in total. The highest BCUT2D eigenvalue weighted by Crippen LogP contribution is 2.29. The van der Waals surface area contributed by atoms with E-state index < -0.39 is 0 Å². The zero-order valence-electron chi connectivity index (χ0n) is 14.9. The lowest BCUT2D eigenvalue weighted by Crippen LogP contribution is -2.41. The first kappa shape index (κ1) is 19.5. The molecule has 0 radical (unpaired) electrons. The maximum Gasteiger partial charge on any atom is 0.253 e. The third-order valence-corrected chi connectivity index (χ3v) is 5.11. The molecular weight excluding hydrogens is 387 g/mol. The quantitative estimate of drug-likeness (QED) is 0.813. The van der Waals surface area contributed by atoms with Crippen molar-refractivity contribution in [1.82, 2.24) is 4.90 Å². The molecule has 0 aliphatic carbocycles. The fourth-order valence-electron chi connectivity index (χ4n) is 3.16. The number of anilines is 1. The minimum absolute atomic E-state index is 0.0622. The van der Waals surface area contributed by atoms with Crippen LogP contribution in [0.1, 0.15) is 23.2 Å². The van der Waals surface area contributed by atoms with Gasteiger partial charge in [0.2, 0.25) is 5.91 Å². The van der Waals surface area contributed by atoms with Gasteiger partial charge in [0.25, 0.3) is 5.91 Å². The van der Waals surface area contributed by atoms with Crippen molar-refractivity contribution in [1.29, 1.82) is 0 Å². The Bertz CT molecular complexity index is 849. The second-order valence-corrected chi connectivity index (χ2v) is 7.28. The van der Waals surface area contributed by atoms with Crippen molar-refractivity contribution >= 4 is 40.7 Å². The molecule has 5 nitrogen and oxygen atoms in total. The van der Waals surface area contributed by atoms with Crippen molar-refractivity contribution in [2.75, 3.05) is 25.5 Å². The number of halogens is 2. The van der Waals surface area contributed by atoms with E-state index in [1.54, 1.807) is 54.5 Å². The summed E-state index contributed by atoms with van der Waals surface area (Å²) in [5.74, 6) is 0.233. The monoisotopic (exact) mass is 406 g/mol.